The van der Waals surface area contributed by atoms with Crippen LogP contribution >= 0.6 is 0 Å². The third-order valence-corrected chi connectivity index (χ3v) is 3.54. The van der Waals surface area contributed by atoms with Crippen molar-refractivity contribution in [2.75, 3.05) is 6.54 Å². The van der Waals surface area contributed by atoms with Crippen LogP contribution in [0.3, 0.4) is 0 Å². The molecule has 0 saturated heterocycles. The van der Waals surface area contributed by atoms with E-state index in [0.29, 0.717) is 6.54 Å². The van der Waals surface area contributed by atoms with Crippen LogP contribution in [0.4, 0.5) is 4.39 Å². The average molecular weight is 265 g/mol. The molecule has 0 spiro atoms. The minimum Gasteiger partial charge on any atom is -0.330 e. The molecule has 0 aliphatic carbocycles. The first-order valence-electron chi connectivity index (χ1n) is 6.76. The van der Waals surface area contributed by atoms with Gasteiger partial charge in [0.2, 0.25) is 0 Å². The average Bonchev–Trinajstić information content (AvgIpc) is 2.47. The summed E-state index contributed by atoms with van der Waals surface area (Å²) in [6.45, 7) is 0.584. The highest BCUT2D eigenvalue weighted by Gasteiger charge is 2.10. The lowest BCUT2D eigenvalue weighted by molar-refractivity contribution is 0.628. The van der Waals surface area contributed by atoms with E-state index in [2.05, 4.69) is 24.3 Å². The van der Waals surface area contributed by atoms with Crippen molar-refractivity contribution in [1.29, 1.82) is 0 Å². The minimum atomic E-state index is -0.214. The molecule has 0 saturated carbocycles. The van der Waals surface area contributed by atoms with Gasteiger partial charge in [0.05, 0.1) is 0 Å². The maximum Gasteiger partial charge on any atom is 0.123 e. The van der Waals surface area contributed by atoms with E-state index >= 15 is 0 Å². The topological polar surface area (TPSA) is 26.0 Å². The molecule has 0 atom stereocenters. The highest BCUT2D eigenvalue weighted by molar-refractivity contribution is 5.98. The third kappa shape index (κ3) is 2.30. The summed E-state index contributed by atoms with van der Waals surface area (Å²) in [4.78, 5) is 0. The maximum atomic E-state index is 13.5. The van der Waals surface area contributed by atoms with E-state index in [4.69, 9.17) is 5.73 Å². The number of rotatable bonds is 3. The second-order valence-corrected chi connectivity index (χ2v) is 4.87. The first kappa shape index (κ1) is 12.8. The van der Waals surface area contributed by atoms with E-state index in [1.807, 2.05) is 18.2 Å². The van der Waals surface area contributed by atoms with Gasteiger partial charge in [-0.25, -0.2) is 4.39 Å². The normalized spacial score (nSPS) is 10.9. The standard InChI is InChI=1S/C18H16FN/c19-16-6-3-5-15(12-16)18-14(10-11-20)9-8-13-4-1-2-7-17(13)18/h1-9,12H,10-11,20H2. The molecule has 2 N–H and O–H groups in total. The Morgan fingerprint density at radius 1 is 0.900 bits per heavy atom. The lowest BCUT2D eigenvalue weighted by Gasteiger charge is -2.13. The van der Waals surface area contributed by atoms with Crippen molar-refractivity contribution < 1.29 is 4.39 Å². The summed E-state index contributed by atoms with van der Waals surface area (Å²) in [5.41, 5.74) is 8.87. The Kier molecular flexibility index (Phi) is 3.48. The maximum absolute atomic E-state index is 13.5. The van der Waals surface area contributed by atoms with Crippen molar-refractivity contribution in [3.05, 3.63) is 72.0 Å². The molecule has 0 aliphatic rings. The van der Waals surface area contributed by atoms with Crippen LogP contribution in [0, 0.1) is 5.82 Å². The molecule has 0 heterocycles. The monoisotopic (exact) mass is 265 g/mol. The molecule has 3 aromatic rings. The van der Waals surface area contributed by atoms with E-state index in [1.54, 1.807) is 12.1 Å². The summed E-state index contributed by atoms with van der Waals surface area (Å²) >= 11 is 0. The van der Waals surface area contributed by atoms with Gasteiger partial charge >= 0.3 is 0 Å². The van der Waals surface area contributed by atoms with Crippen LogP contribution in [0.5, 0.6) is 0 Å². The van der Waals surface area contributed by atoms with E-state index in [9.17, 15) is 4.39 Å². The predicted molar refractivity (Wildman–Crippen MR) is 82.1 cm³/mol. The molecule has 2 heteroatoms. The van der Waals surface area contributed by atoms with Crippen LogP contribution in [0.2, 0.25) is 0 Å². The Hall–Kier alpha value is -2.19. The zero-order chi connectivity index (χ0) is 13.9. The largest absolute Gasteiger partial charge is 0.330 e. The summed E-state index contributed by atoms with van der Waals surface area (Å²) in [7, 11) is 0. The highest BCUT2D eigenvalue weighted by atomic mass is 19.1. The summed E-state index contributed by atoms with van der Waals surface area (Å²) in [6.07, 6.45) is 0.788. The van der Waals surface area contributed by atoms with E-state index < -0.39 is 0 Å². The minimum absolute atomic E-state index is 0.214. The molecule has 0 aliphatic heterocycles. The molecular formula is C18H16FN. The van der Waals surface area contributed by atoms with Gasteiger partial charge in [-0.3, -0.25) is 0 Å². The van der Waals surface area contributed by atoms with Crippen LogP contribution in [0.15, 0.2) is 60.7 Å². The van der Waals surface area contributed by atoms with Crippen molar-refractivity contribution in [2.24, 2.45) is 5.73 Å². The molecule has 0 bridgehead atoms. The lowest BCUT2D eigenvalue weighted by Crippen LogP contribution is -2.04. The van der Waals surface area contributed by atoms with Crippen LogP contribution in [-0.2, 0) is 6.42 Å². The van der Waals surface area contributed by atoms with Gasteiger partial charge in [0.1, 0.15) is 5.82 Å². The zero-order valence-corrected chi connectivity index (χ0v) is 11.1. The molecule has 0 fully saturated rings. The molecule has 0 radical (unpaired) electrons. The number of halogens is 1. The highest BCUT2D eigenvalue weighted by Crippen LogP contribution is 2.32. The summed E-state index contributed by atoms with van der Waals surface area (Å²) in [5, 5.41) is 2.30. The molecule has 100 valence electrons. The van der Waals surface area contributed by atoms with Crippen molar-refractivity contribution in [2.45, 2.75) is 6.42 Å². The first-order chi connectivity index (χ1) is 9.79. The molecular weight excluding hydrogens is 249 g/mol. The van der Waals surface area contributed by atoms with Crippen molar-refractivity contribution in [1.82, 2.24) is 0 Å². The Bertz CT molecular complexity index is 749. The van der Waals surface area contributed by atoms with Gasteiger partial charge in [-0.1, -0.05) is 48.5 Å². The fourth-order valence-corrected chi connectivity index (χ4v) is 2.67. The Morgan fingerprint density at radius 2 is 1.75 bits per heavy atom. The first-order valence-corrected chi connectivity index (χ1v) is 6.76. The number of hydrogen-bond donors (Lipinski definition) is 1. The van der Waals surface area contributed by atoms with Gasteiger partial charge < -0.3 is 5.73 Å². The van der Waals surface area contributed by atoms with E-state index in [-0.39, 0.29) is 5.82 Å². The third-order valence-electron chi connectivity index (χ3n) is 3.54. The molecule has 1 nitrogen and oxygen atoms in total. The van der Waals surface area contributed by atoms with Gasteiger partial charge in [0.15, 0.2) is 0 Å². The second-order valence-electron chi connectivity index (χ2n) is 4.87. The predicted octanol–water partition coefficient (Wildman–Crippen LogP) is 4.15. The Labute approximate surface area is 117 Å². The number of hydrogen-bond acceptors (Lipinski definition) is 1. The fraction of sp³-hybridized carbons (Fsp3) is 0.111. The molecule has 20 heavy (non-hydrogen) atoms. The van der Waals surface area contributed by atoms with Crippen LogP contribution in [0.25, 0.3) is 21.9 Å². The lowest BCUT2D eigenvalue weighted by atomic mass is 9.92. The van der Waals surface area contributed by atoms with Gasteiger partial charge in [-0.05, 0) is 52.6 Å². The SMILES string of the molecule is NCCc1ccc2ccccc2c1-c1cccc(F)c1. The molecule has 3 rings (SSSR count). The molecule has 0 amide bonds. The summed E-state index contributed by atoms with van der Waals surface area (Å²) < 4.78 is 13.5. The van der Waals surface area contributed by atoms with Gasteiger partial charge in [-0.2, -0.15) is 0 Å². The van der Waals surface area contributed by atoms with Crippen molar-refractivity contribution >= 4 is 10.8 Å². The quantitative estimate of drug-likeness (QED) is 0.756. The number of benzene rings is 3. The summed E-state index contributed by atoms with van der Waals surface area (Å²) in [6, 6.07) is 19.1. The smallest absolute Gasteiger partial charge is 0.123 e. The Morgan fingerprint density at radius 3 is 2.55 bits per heavy atom. The molecule has 0 aromatic heterocycles. The van der Waals surface area contributed by atoms with Crippen molar-refractivity contribution in [3.63, 3.8) is 0 Å². The van der Waals surface area contributed by atoms with Crippen molar-refractivity contribution in [3.8, 4) is 11.1 Å². The van der Waals surface area contributed by atoms with E-state index in [0.717, 1.165) is 33.9 Å². The zero-order valence-electron chi connectivity index (χ0n) is 11.1. The van der Waals surface area contributed by atoms with E-state index in [1.165, 1.54) is 6.07 Å². The van der Waals surface area contributed by atoms with Gasteiger partial charge in [0.25, 0.3) is 0 Å². The van der Waals surface area contributed by atoms with Gasteiger partial charge in [0, 0.05) is 0 Å². The van der Waals surface area contributed by atoms with Crippen LogP contribution < -0.4 is 5.73 Å². The number of fused-ring (bicyclic) bond motifs is 1. The fourth-order valence-electron chi connectivity index (χ4n) is 2.67. The Balaban J connectivity index is 2.32. The van der Waals surface area contributed by atoms with Crippen LogP contribution in [-0.4, -0.2) is 6.54 Å². The number of nitrogens with two attached hydrogens (primary N) is 1. The molecule has 0 unspecified atom stereocenters. The summed E-state index contributed by atoms with van der Waals surface area (Å²) in [5.74, 6) is -0.214. The van der Waals surface area contributed by atoms with Crippen LogP contribution in [0.1, 0.15) is 5.56 Å². The second kappa shape index (κ2) is 5.43. The van der Waals surface area contributed by atoms with Gasteiger partial charge in [-0.15, -0.1) is 0 Å². The molecule has 3 aromatic carbocycles.